The summed E-state index contributed by atoms with van der Waals surface area (Å²) in [6, 6.07) is 0. The number of nitrogens with zero attached hydrogens (tertiary/aromatic N) is 4. The van der Waals surface area contributed by atoms with E-state index in [0.717, 1.165) is 0 Å². The molecule has 0 aliphatic rings. The Balaban J connectivity index is 2.13. The van der Waals surface area contributed by atoms with E-state index in [1.807, 2.05) is 0 Å². The SMILES string of the molecule is Cc1nn(C)cc1C(=O)CC(=O)c1cn(C)cn1. The van der Waals surface area contributed by atoms with Crippen LogP contribution in [-0.2, 0) is 14.1 Å². The van der Waals surface area contributed by atoms with Crippen molar-refractivity contribution in [1.29, 1.82) is 0 Å². The van der Waals surface area contributed by atoms with Crippen LogP contribution in [0.3, 0.4) is 0 Å². The van der Waals surface area contributed by atoms with Crippen LogP contribution in [0.4, 0.5) is 0 Å². The van der Waals surface area contributed by atoms with Gasteiger partial charge in [0.1, 0.15) is 5.69 Å². The zero-order valence-electron chi connectivity index (χ0n) is 10.5. The third-order valence-corrected chi connectivity index (χ3v) is 2.63. The molecule has 0 radical (unpaired) electrons. The highest BCUT2D eigenvalue weighted by molar-refractivity contribution is 6.13. The summed E-state index contributed by atoms with van der Waals surface area (Å²) in [5, 5.41) is 4.08. The highest BCUT2D eigenvalue weighted by Crippen LogP contribution is 2.10. The fraction of sp³-hybridized carbons (Fsp3) is 0.333. The Bertz CT molecular complexity index is 609. The molecule has 0 bridgehead atoms. The number of ketones is 2. The molecule has 0 aliphatic carbocycles. The standard InChI is InChI=1S/C12H14N4O2/c1-8-9(5-16(3)14-8)11(17)4-12(18)10-6-15(2)7-13-10/h5-7H,4H2,1-3H3. The molecule has 2 aromatic heterocycles. The summed E-state index contributed by atoms with van der Waals surface area (Å²) in [6.07, 6.45) is 4.59. The van der Waals surface area contributed by atoms with Crippen LogP contribution in [0.1, 0.15) is 33.0 Å². The Morgan fingerprint density at radius 3 is 2.44 bits per heavy atom. The van der Waals surface area contributed by atoms with E-state index >= 15 is 0 Å². The molecule has 18 heavy (non-hydrogen) atoms. The molecule has 6 nitrogen and oxygen atoms in total. The Kier molecular flexibility index (Phi) is 3.10. The summed E-state index contributed by atoms with van der Waals surface area (Å²) in [5.41, 5.74) is 1.44. The quantitative estimate of drug-likeness (QED) is 0.594. The van der Waals surface area contributed by atoms with E-state index in [1.165, 1.54) is 6.33 Å². The van der Waals surface area contributed by atoms with Crippen LogP contribution in [0.5, 0.6) is 0 Å². The van der Waals surface area contributed by atoms with Gasteiger partial charge in [-0.15, -0.1) is 0 Å². The van der Waals surface area contributed by atoms with Gasteiger partial charge >= 0.3 is 0 Å². The van der Waals surface area contributed by atoms with Crippen LogP contribution >= 0.6 is 0 Å². The van der Waals surface area contributed by atoms with Crippen molar-refractivity contribution in [2.24, 2.45) is 14.1 Å². The third kappa shape index (κ3) is 2.37. The highest BCUT2D eigenvalue weighted by Gasteiger charge is 2.18. The van der Waals surface area contributed by atoms with Gasteiger partial charge in [0, 0.05) is 26.5 Å². The van der Waals surface area contributed by atoms with Crippen molar-refractivity contribution in [3.63, 3.8) is 0 Å². The van der Waals surface area contributed by atoms with E-state index in [4.69, 9.17) is 0 Å². The number of hydrogen-bond donors (Lipinski definition) is 0. The summed E-state index contributed by atoms with van der Waals surface area (Å²) in [6.45, 7) is 1.75. The maximum absolute atomic E-state index is 12.0. The Hall–Kier alpha value is -2.24. The molecule has 0 fully saturated rings. The molecular formula is C12H14N4O2. The normalized spacial score (nSPS) is 10.6. The van der Waals surface area contributed by atoms with Gasteiger partial charge < -0.3 is 4.57 Å². The van der Waals surface area contributed by atoms with Crippen molar-refractivity contribution >= 4 is 11.6 Å². The lowest BCUT2D eigenvalue weighted by molar-refractivity contribution is 0.0891. The number of carbonyl (C=O) groups excluding carboxylic acids is 2. The van der Waals surface area contributed by atoms with Crippen molar-refractivity contribution in [3.05, 3.63) is 35.7 Å². The number of carbonyl (C=O) groups is 2. The Labute approximate surface area is 104 Å². The van der Waals surface area contributed by atoms with Crippen LogP contribution in [-0.4, -0.2) is 30.9 Å². The number of aromatic nitrogens is 4. The molecule has 0 amide bonds. The van der Waals surface area contributed by atoms with Crippen molar-refractivity contribution in [1.82, 2.24) is 19.3 Å². The summed E-state index contributed by atoms with van der Waals surface area (Å²) in [5.74, 6) is -0.500. The summed E-state index contributed by atoms with van der Waals surface area (Å²) in [4.78, 5) is 27.7. The van der Waals surface area contributed by atoms with Crippen LogP contribution in [0.25, 0.3) is 0 Å². The lowest BCUT2D eigenvalue weighted by atomic mass is 10.1. The fourth-order valence-electron chi connectivity index (χ4n) is 1.76. The fourth-order valence-corrected chi connectivity index (χ4v) is 1.76. The van der Waals surface area contributed by atoms with Crippen molar-refractivity contribution in [2.75, 3.05) is 0 Å². The van der Waals surface area contributed by atoms with Gasteiger partial charge in [0.2, 0.25) is 0 Å². The second kappa shape index (κ2) is 4.56. The zero-order valence-corrected chi connectivity index (χ0v) is 10.5. The second-order valence-electron chi connectivity index (χ2n) is 4.25. The van der Waals surface area contributed by atoms with E-state index in [1.54, 1.807) is 42.7 Å². The Morgan fingerprint density at radius 1 is 1.22 bits per heavy atom. The van der Waals surface area contributed by atoms with Crippen LogP contribution in [0.15, 0.2) is 18.7 Å². The minimum Gasteiger partial charge on any atom is -0.340 e. The van der Waals surface area contributed by atoms with Gasteiger partial charge in [0.15, 0.2) is 11.6 Å². The molecule has 0 spiro atoms. The first-order valence-corrected chi connectivity index (χ1v) is 5.52. The number of imidazole rings is 1. The summed E-state index contributed by atoms with van der Waals surface area (Å²) < 4.78 is 3.24. The maximum atomic E-state index is 12.0. The largest absolute Gasteiger partial charge is 0.340 e. The minimum atomic E-state index is -0.274. The molecule has 0 aliphatic heterocycles. The molecular weight excluding hydrogens is 232 g/mol. The van der Waals surface area contributed by atoms with Gasteiger partial charge in [-0.05, 0) is 6.92 Å². The third-order valence-electron chi connectivity index (χ3n) is 2.63. The monoisotopic (exact) mass is 246 g/mol. The van der Waals surface area contributed by atoms with Crippen LogP contribution in [0.2, 0.25) is 0 Å². The Morgan fingerprint density at radius 2 is 1.94 bits per heavy atom. The lowest BCUT2D eigenvalue weighted by Gasteiger charge is -1.96. The molecule has 2 heterocycles. The van der Waals surface area contributed by atoms with Crippen LogP contribution in [0, 0.1) is 6.92 Å². The predicted octanol–water partition coefficient (Wildman–Crippen LogP) is 0.918. The van der Waals surface area contributed by atoms with E-state index in [2.05, 4.69) is 10.1 Å². The average Bonchev–Trinajstić information content (AvgIpc) is 2.84. The first kappa shape index (κ1) is 12.2. The molecule has 0 saturated carbocycles. The smallest absolute Gasteiger partial charge is 0.190 e. The van der Waals surface area contributed by atoms with Gasteiger partial charge in [-0.3, -0.25) is 14.3 Å². The van der Waals surface area contributed by atoms with E-state index in [0.29, 0.717) is 17.0 Å². The molecule has 0 saturated heterocycles. The zero-order chi connectivity index (χ0) is 13.3. The molecule has 0 unspecified atom stereocenters. The topological polar surface area (TPSA) is 69.8 Å². The number of aryl methyl sites for hydroxylation is 3. The van der Waals surface area contributed by atoms with Gasteiger partial charge in [-0.25, -0.2) is 4.98 Å². The van der Waals surface area contributed by atoms with Gasteiger partial charge in [0.25, 0.3) is 0 Å². The van der Waals surface area contributed by atoms with Gasteiger partial charge in [-0.1, -0.05) is 0 Å². The molecule has 0 aromatic carbocycles. The van der Waals surface area contributed by atoms with Crippen molar-refractivity contribution in [3.8, 4) is 0 Å². The molecule has 0 N–H and O–H groups in total. The number of hydrogen-bond acceptors (Lipinski definition) is 4. The molecule has 2 aromatic rings. The summed E-state index contributed by atoms with van der Waals surface area (Å²) >= 11 is 0. The maximum Gasteiger partial charge on any atom is 0.190 e. The summed E-state index contributed by atoms with van der Waals surface area (Å²) in [7, 11) is 3.52. The predicted molar refractivity (Wildman–Crippen MR) is 64.4 cm³/mol. The second-order valence-corrected chi connectivity index (χ2v) is 4.25. The van der Waals surface area contributed by atoms with Crippen LogP contribution < -0.4 is 0 Å². The first-order chi connectivity index (χ1) is 8.47. The molecule has 94 valence electrons. The van der Waals surface area contributed by atoms with E-state index in [-0.39, 0.29) is 18.0 Å². The van der Waals surface area contributed by atoms with Crippen molar-refractivity contribution < 1.29 is 9.59 Å². The van der Waals surface area contributed by atoms with Crippen molar-refractivity contribution in [2.45, 2.75) is 13.3 Å². The highest BCUT2D eigenvalue weighted by atomic mass is 16.1. The van der Waals surface area contributed by atoms with Gasteiger partial charge in [0.05, 0.1) is 24.0 Å². The molecule has 2 rings (SSSR count). The van der Waals surface area contributed by atoms with E-state index < -0.39 is 0 Å². The average molecular weight is 246 g/mol. The number of Topliss-reactive ketones (excluding diaryl/α,β-unsaturated/α-hetero) is 2. The minimum absolute atomic E-state index is 0.177. The first-order valence-electron chi connectivity index (χ1n) is 5.52. The van der Waals surface area contributed by atoms with E-state index in [9.17, 15) is 9.59 Å². The van der Waals surface area contributed by atoms with Gasteiger partial charge in [-0.2, -0.15) is 5.10 Å². The molecule has 6 heteroatoms. The lowest BCUT2D eigenvalue weighted by Crippen LogP contribution is -2.09. The molecule has 0 atom stereocenters. The number of rotatable bonds is 4.